The molecule has 7 nitrogen and oxygen atoms in total. The molecule has 1 spiro atoms. The number of rotatable bonds is 3. The van der Waals surface area contributed by atoms with Crippen molar-refractivity contribution in [1.82, 2.24) is 20.0 Å². The van der Waals surface area contributed by atoms with Gasteiger partial charge in [-0.15, -0.1) is 0 Å². The highest BCUT2D eigenvalue weighted by Crippen LogP contribution is 2.31. The third-order valence-corrected chi connectivity index (χ3v) is 5.10. The average Bonchev–Trinajstić information content (AvgIpc) is 3.30. The first-order valence-corrected chi connectivity index (χ1v) is 8.99. The minimum absolute atomic E-state index is 0.00905. The van der Waals surface area contributed by atoms with E-state index in [9.17, 15) is 9.59 Å². The number of likely N-dealkylation sites (tertiary alicyclic amines) is 1. The molecule has 26 heavy (non-hydrogen) atoms. The lowest BCUT2D eigenvalue weighted by molar-refractivity contribution is -0.124. The van der Waals surface area contributed by atoms with E-state index in [0.29, 0.717) is 37.9 Å². The molecule has 136 valence electrons. The molecule has 2 amide bonds. The van der Waals surface area contributed by atoms with E-state index in [1.807, 2.05) is 48.4 Å². The van der Waals surface area contributed by atoms with Gasteiger partial charge < -0.3 is 15.0 Å². The number of amides is 2. The Bertz CT molecular complexity index is 810. The lowest BCUT2D eigenvalue weighted by Gasteiger charge is -2.38. The lowest BCUT2D eigenvalue weighted by atomic mass is 10.00. The summed E-state index contributed by atoms with van der Waals surface area (Å²) in [5.41, 5.74) is 0.883. The minimum atomic E-state index is -0.606. The third kappa shape index (κ3) is 2.99. The van der Waals surface area contributed by atoms with Crippen molar-refractivity contribution in [3.8, 4) is 5.69 Å². The van der Waals surface area contributed by atoms with Crippen LogP contribution in [0.4, 0.5) is 0 Å². The van der Waals surface area contributed by atoms with Crippen LogP contribution in [-0.4, -0.2) is 51.4 Å². The molecule has 0 radical (unpaired) electrons. The molecular weight excluding hydrogens is 332 g/mol. The van der Waals surface area contributed by atoms with E-state index in [-0.39, 0.29) is 17.9 Å². The summed E-state index contributed by atoms with van der Waals surface area (Å²) in [5, 5.41) is 7.19. The first-order chi connectivity index (χ1) is 12.6. The fourth-order valence-electron chi connectivity index (χ4n) is 3.63. The summed E-state index contributed by atoms with van der Waals surface area (Å²) in [6, 6.07) is 9.29. The maximum Gasteiger partial charge on any atom is 0.253 e. The van der Waals surface area contributed by atoms with Gasteiger partial charge in [0.1, 0.15) is 11.8 Å². The van der Waals surface area contributed by atoms with E-state index >= 15 is 0 Å². The average molecular weight is 354 g/mol. The van der Waals surface area contributed by atoms with Gasteiger partial charge in [0, 0.05) is 43.9 Å². The van der Waals surface area contributed by atoms with Crippen LogP contribution in [0.25, 0.3) is 5.69 Å². The van der Waals surface area contributed by atoms with Crippen LogP contribution in [0.5, 0.6) is 0 Å². The number of carbonyl (C=O) groups is 2. The number of carbonyl (C=O) groups excluding carboxylic acids is 2. The molecule has 0 aliphatic carbocycles. The van der Waals surface area contributed by atoms with E-state index in [1.165, 1.54) is 0 Å². The van der Waals surface area contributed by atoms with Crippen LogP contribution < -0.4 is 5.32 Å². The largest absolute Gasteiger partial charge is 0.343 e. The molecule has 1 atom stereocenters. The minimum Gasteiger partial charge on any atom is -0.343 e. The van der Waals surface area contributed by atoms with E-state index in [1.54, 1.807) is 10.9 Å². The van der Waals surface area contributed by atoms with Crippen LogP contribution in [0.15, 0.2) is 42.7 Å². The molecule has 0 saturated carbocycles. The van der Waals surface area contributed by atoms with Crippen molar-refractivity contribution in [3.05, 3.63) is 48.3 Å². The molecule has 2 saturated heterocycles. The quantitative estimate of drug-likeness (QED) is 0.911. The molecule has 7 heteroatoms. The topological polar surface area (TPSA) is 76.5 Å². The molecule has 1 aromatic carbocycles. The van der Waals surface area contributed by atoms with Gasteiger partial charge in [0.2, 0.25) is 0 Å². The van der Waals surface area contributed by atoms with Crippen molar-refractivity contribution < 1.29 is 14.3 Å². The molecule has 0 bridgehead atoms. The van der Waals surface area contributed by atoms with Gasteiger partial charge in [0.25, 0.3) is 11.8 Å². The van der Waals surface area contributed by atoms with E-state index in [4.69, 9.17) is 4.74 Å². The fourth-order valence-corrected chi connectivity index (χ4v) is 3.63. The van der Waals surface area contributed by atoms with Crippen LogP contribution >= 0.6 is 0 Å². The molecular formula is C19H22N4O3. The number of piperidine rings is 1. The molecule has 2 aliphatic heterocycles. The van der Waals surface area contributed by atoms with Gasteiger partial charge in [-0.3, -0.25) is 9.59 Å². The van der Waals surface area contributed by atoms with Gasteiger partial charge in [-0.25, -0.2) is 4.68 Å². The number of ether oxygens (including phenoxy) is 1. The normalized spacial score (nSPS) is 21.8. The lowest BCUT2D eigenvalue weighted by Crippen LogP contribution is -2.53. The van der Waals surface area contributed by atoms with Crippen molar-refractivity contribution in [3.63, 3.8) is 0 Å². The summed E-state index contributed by atoms with van der Waals surface area (Å²) in [5.74, 6) is -0.0515. The Morgan fingerprint density at radius 2 is 2.15 bits per heavy atom. The summed E-state index contributed by atoms with van der Waals surface area (Å²) in [6.07, 6.45) is 5.06. The van der Waals surface area contributed by atoms with Crippen LogP contribution in [-0.2, 0) is 9.53 Å². The van der Waals surface area contributed by atoms with Crippen molar-refractivity contribution in [1.29, 1.82) is 0 Å². The second-order valence-electron chi connectivity index (χ2n) is 6.79. The zero-order chi connectivity index (χ0) is 18.1. The van der Waals surface area contributed by atoms with E-state index < -0.39 is 5.72 Å². The number of nitrogens with one attached hydrogen (secondary N) is 1. The summed E-state index contributed by atoms with van der Waals surface area (Å²) < 4.78 is 7.67. The van der Waals surface area contributed by atoms with Gasteiger partial charge in [0.05, 0.1) is 5.69 Å². The number of hydrogen-bond donors (Lipinski definition) is 1. The van der Waals surface area contributed by atoms with Gasteiger partial charge in [-0.1, -0.05) is 13.0 Å². The van der Waals surface area contributed by atoms with Crippen LogP contribution in [0.3, 0.4) is 0 Å². The molecule has 1 aromatic heterocycles. The molecule has 1 unspecified atom stereocenters. The molecule has 1 N–H and O–H groups in total. The number of hydrogen-bond acceptors (Lipinski definition) is 4. The second-order valence-corrected chi connectivity index (χ2v) is 6.79. The summed E-state index contributed by atoms with van der Waals surface area (Å²) in [4.78, 5) is 26.6. The Morgan fingerprint density at radius 3 is 2.81 bits per heavy atom. The predicted octanol–water partition coefficient (Wildman–Crippen LogP) is 1.73. The summed E-state index contributed by atoms with van der Waals surface area (Å²) >= 11 is 0. The summed E-state index contributed by atoms with van der Waals surface area (Å²) in [7, 11) is 0. The van der Waals surface area contributed by atoms with E-state index in [2.05, 4.69) is 10.4 Å². The highest BCUT2D eigenvalue weighted by Gasteiger charge is 2.46. The van der Waals surface area contributed by atoms with Crippen LogP contribution in [0.1, 0.15) is 36.5 Å². The third-order valence-electron chi connectivity index (χ3n) is 5.10. The van der Waals surface area contributed by atoms with Crippen LogP contribution in [0.2, 0.25) is 0 Å². The van der Waals surface area contributed by atoms with Gasteiger partial charge in [0.15, 0.2) is 0 Å². The fraction of sp³-hybridized carbons (Fsp3) is 0.421. The molecule has 2 aliphatic rings. The number of benzene rings is 1. The van der Waals surface area contributed by atoms with Gasteiger partial charge in [-0.05, 0) is 30.7 Å². The number of aromatic nitrogens is 2. The smallest absolute Gasteiger partial charge is 0.253 e. The maximum atomic E-state index is 12.9. The van der Waals surface area contributed by atoms with Gasteiger partial charge >= 0.3 is 0 Å². The first-order valence-electron chi connectivity index (χ1n) is 8.99. The Labute approximate surface area is 151 Å². The second kappa shape index (κ2) is 6.57. The Hall–Kier alpha value is -2.67. The Kier molecular flexibility index (Phi) is 4.24. The summed E-state index contributed by atoms with van der Waals surface area (Å²) in [6.45, 7) is 3.05. The zero-order valence-electron chi connectivity index (χ0n) is 14.7. The van der Waals surface area contributed by atoms with E-state index in [0.717, 1.165) is 5.69 Å². The maximum absolute atomic E-state index is 12.9. The van der Waals surface area contributed by atoms with Crippen molar-refractivity contribution in [2.45, 2.75) is 38.0 Å². The van der Waals surface area contributed by atoms with Gasteiger partial charge in [-0.2, -0.15) is 5.10 Å². The highest BCUT2D eigenvalue weighted by atomic mass is 16.5. The van der Waals surface area contributed by atoms with Crippen LogP contribution in [0, 0.1) is 0 Å². The van der Waals surface area contributed by atoms with Crippen molar-refractivity contribution in [2.24, 2.45) is 0 Å². The molecule has 3 heterocycles. The Balaban J connectivity index is 1.45. The number of nitrogens with zero attached hydrogens (tertiary/aromatic N) is 3. The monoisotopic (exact) mass is 354 g/mol. The molecule has 2 fully saturated rings. The highest BCUT2D eigenvalue weighted by molar-refractivity contribution is 5.95. The van der Waals surface area contributed by atoms with Crippen molar-refractivity contribution in [2.75, 3.05) is 13.1 Å². The van der Waals surface area contributed by atoms with Crippen molar-refractivity contribution >= 4 is 11.8 Å². The zero-order valence-corrected chi connectivity index (χ0v) is 14.7. The molecule has 4 rings (SSSR count). The SMILES string of the molecule is CCC1OC2(CCN(C(=O)c3cccc(-n4cccn4)c3)CC2)NC1=O. The molecule has 2 aromatic rings. The predicted molar refractivity (Wildman–Crippen MR) is 94.7 cm³/mol. The Morgan fingerprint density at radius 1 is 1.35 bits per heavy atom. The standard InChI is InChI=1S/C19H22N4O3/c1-2-16-17(24)21-19(26-16)7-11-22(12-8-19)18(25)14-5-3-6-15(13-14)23-10-4-9-20-23/h3-6,9-10,13,16H,2,7-8,11-12H2,1H3,(H,21,24). The first kappa shape index (κ1) is 16.8.